The normalized spacial score (nSPS) is 10.1. The summed E-state index contributed by atoms with van der Waals surface area (Å²) in [6.45, 7) is 0. The van der Waals surface area contributed by atoms with Crippen LogP contribution in [0.5, 0.6) is 0 Å². The maximum absolute atomic E-state index is 10.4. The number of amides is 1. The van der Waals surface area contributed by atoms with Gasteiger partial charge in [-0.25, -0.2) is 0 Å². The third kappa shape index (κ3) is 1.34. The number of carbonyl (C=O) groups is 1. The van der Waals surface area contributed by atoms with E-state index in [0.29, 0.717) is 17.2 Å². The Bertz CT molecular complexity index is 462. The molecule has 0 saturated heterocycles. The molecule has 0 fully saturated rings. The number of rotatable bonds is 2. The lowest BCUT2D eigenvalue weighted by Gasteiger charge is -2.10. The third-order valence-electron chi connectivity index (χ3n) is 2.03. The van der Waals surface area contributed by atoms with Crippen molar-refractivity contribution in [2.45, 2.75) is 0 Å². The average molecular weight is 186 g/mol. The van der Waals surface area contributed by atoms with Crippen molar-refractivity contribution in [1.29, 1.82) is 0 Å². The summed E-state index contributed by atoms with van der Waals surface area (Å²) in [5.41, 5.74) is 0.373. The molecular weight excluding hydrogens is 178 g/mol. The first-order chi connectivity index (χ1) is 6.83. The van der Waals surface area contributed by atoms with Crippen molar-refractivity contribution >= 4 is 22.9 Å². The lowest BCUT2D eigenvalue weighted by atomic mass is 10.1. The molecule has 2 rings (SSSR count). The third-order valence-corrected chi connectivity index (χ3v) is 2.03. The topological polar surface area (TPSA) is 40.5 Å². The van der Waals surface area contributed by atoms with Gasteiger partial charge < -0.3 is 0 Å². The number of benzene rings is 2. The fourth-order valence-electron chi connectivity index (χ4n) is 1.39. The van der Waals surface area contributed by atoms with Gasteiger partial charge >= 0.3 is 0 Å². The minimum Gasteiger partial charge on any atom is -0.281 e. The predicted molar refractivity (Wildman–Crippen MR) is 53.1 cm³/mol. The first-order valence-electron chi connectivity index (χ1n) is 4.16. The number of hydrogen-bond donors (Lipinski definition) is 1. The lowest BCUT2D eigenvalue weighted by Crippen LogP contribution is -2.14. The largest absolute Gasteiger partial charge is 0.281 e. The zero-order valence-corrected chi connectivity index (χ0v) is 7.34. The standard InChI is InChI=1S/C11H8NO2/c13-8-12(14)11-7-3-5-9-4-1-2-6-10(9)11/h1-6,8,14H. The van der Waals surface area contributed by atoms with Crippen LogP contribution in [0.1, 0.15) is 0 Å². The first-order valence-corrected chi connectivity index (χ1v) is 4.16. The van der Waals surface area contributed by atoms with Crippen molar-refractivity contribution < 1.29 is 10.0 Å². The highest BCUT2D eigenvalue weighted by Crippen LogP contribution is 2.24. The molecule has 69 valence electrons. The number of fused-ring (bicyclic) bond motifs is 1. The fraction of sp³-hybridized carbons (Fsp3) is 0. The Balaban J connectivity index is 2.70. The monoisotopic (exact) mass is 186 g/mol. The van der Waals surface area contributed by atoms with Crippen LogP contribution in [0.3, 0.4) is 0 Å². The van der Waals surface area contributed by atoms with Gasteiger partial charge in [-0.2, -0.15) is 5.06 Å². The number of nitrogens with zero attached hydrogens (tertiary/aromatic N) is 1. The Labute approximate surface area is 81.1 Å². The maximum atomic E-state index is 10.4. The number of hydroxylamine groups is 1. The molecule has 0 bridgehead atoms. The molecule has 1 N–H and O–H groups in total. The summed E-state index contributed by atoms with van der Waals surface area (Å²) in [6.07, 6.45) is 0.346. The van der Waals surface area contributed by atoms with Crippen LogP contribution in [0.25, 0.3) is 10.8 Å². The van der Waals surface area contributed by atoms with E-state index in [2.05, 4.69) is 6.07 Å². The summed E-state index contributed by atoms with van der Waals surface area (Å²) in [5.74, 6) is 0. The van der Waals surface area contributed by atoms with Crippen molar-refractivity contribution in [3.8, 4) is 0 Å². The Morgan fingerprint density at radius 2 is 2.07 bits per heavy atom. The molecule has 1 amide bonds. The van der Waals surface area contributed by atoms with Crippen molar-refractivity contribution in [2.24, 2.45) is 0 Å². The molecule has 1 radical (unpaired) electrons. The van der Waals surface area contributed by atoms with E-state index in [9.17, 15) is 10.0 Å². The molecule has 0 saturated carbocycles. The van der Waals surface area contributed by atoms with Gasteiger partial charge in [-0.05, 0) is 5.39 Å². The minimum atomic E-state index is 0.346. The van der Waals surface area contributed by atoms with Gasteiger partial charge in [0.2, 0.25) is 6.41 Å². The summed E-state index contributed by atoms with van der Waals surface area (Å²) in [6, 6.07) is 13.8. The first kappa shape index (κ1) is 8.72. The van der Waals surface area contributed by atoms with Crippen LogP contribution in [0.4, 0.5) is 5.69 Å². The molecule has 0 atom stereocenters. The van der Waals surface area contributed by atoms with E-state index in [-0.39, 0.29) is 0 Å². The van der Waals surface area contributed by atoms with Crippen LogP contribution in [-0.2, 0) is 4.79 Å². The Kier molecular flexibility index (Phi) is 2.16. The van der Waals surface area contributed by atoms with E-state index in [1.807, 2.05) is 30.3 Å². The van der Waals surface area contributed by atoms with E-state index < -0.39 is 0 Å². The van der Waals surface area contributed by atoms with Crippen molar-refractivity contribution in [3.63, 3.8) is 0 Å². The van der Waals surface area contributed by atoms with Crippen LogP contribution in [0, 0.1) is 6.07 Å². The lowest BCUT2D eigenvalue weighted by molar-refractivity contribution is -0.111. The Hall–Kier alpha value is -1.87. The Morgan fingerprint density at radius 1 is 1.29 bits per heavy atom. The van der Waals surface area contributed by atoms with Crippen molar-refractivity contribution in [2.75, 3.05) is 5.06 Å². The molecule has 0 heterocycles. The van der Waals surface area contributed by atoms with Crippen LogP contribution >= 0.6 is 0 Å². The van der Waals surface area contributed by atoms with E-state index >= 15 is 0 Å². The molecule has 0 aliphatic heterocycles. The van der Waals surface area contributed by atoms with Crippen LogP contribution < -0.4 is 5.06 Å². The number of hydrogen-bond acceptors (Lipinski definition) is 2. The Morgan fingerprint density at radius 3 is 2.86 bits per heavy atom. The molecule has 14 heavy (non-hydrogen) atoms. The minimum absolute atomic E-state index is 0.346. The molecule has 0 aliphatic rings. The average Bonchev–Trinajstić information content (AvgIpc) is 2.27. The van der Waals surface area contributed by atoms with Gasteiger partial charge in [-0.15, -0.1) is 0 Å². The number of carbonyl (C=O) groups excluding carboxylic acids is 1. The van der Waals surface area contributed by atoms with Crippen LogP contribution in [0.15, 0.2) is 36.4 Å². The zero-order valence-electron chi connectivity index (χ0n) is 7.34. The van der Waals surface area contributed by atoms with Gasteiger partial charge in [0, 0.05) is 11.5 Å². The fourth-order valence-corrected chi connectivity index (χ4v) is 1.39. The second-order valence-electron chi connectivity index (χ2n) is 2.86. The molecule has 0 spiro atoms. The molecule has 2 aromatic rings. The smallest absolute Gasteiger partial charge is 0.237 e. The van der Waals surface area contributed by atoms with E-state index in [1.165, 1.54) is 0 Å². The number of anilines is 1. The zero-order chi connectivity index (χ0) is 9.97. The predicted octanol–water partition coefficient (Wildman–Crippen LogP) is 1.99. The molecule has 0 unspecified atom stereocenters. The van der Waals surface area contributed by atoms with Crippen LogP contribution in [-0.4, -0.2) is 11.6 Å². The quantitative estimate of drug-likeness (QED) is 0.442. The molecule has 3 nitrogen and oxygen atoms in total. The van der Waals surface area contributed by atoms with Gasteiger partial charge in [0.15, 0.2) is 0 Å². The van der Waals surface area contributed by atoms with Gasteiger partial charge in [-0.1, -0.05) is 36.4 Å². The highest BCUT2D eigenvalue weighted by atomic mass is 16.5. The second-order valence-corrected chi connectivity index (χ2v) is 2.86. The molecular formula is C11H8NO2. The van der Waals surface area contributed by atoms with E-state index in [0.717, 1.165) is 10.8 Å². The molecule has 0 aromatic heterocycles. The van der Waals surface area contributed by atoms with Gasteiger partial charge in [0.1, 0.15) is 0 Å². The van der Waals surface area contributed by atoms with Gasteiger partial charge in [-0.3, -0.25) is 10.0 Å². The SMILES string of the molecule is O=CN(O)c1[c]ccc2ccccc12. The van der Waals surface area contributed by atoms with Crippen LogP contribution in [0.2, 0.25) is 0 Å². The second kappa shape index (κ2) is 3.47. The van der Waals surface area contributed by atoms with Crippen molar-refractivity contribution in [1.82, 2.24) is 0 Å². The highest BCUT2D eigenvalue weighted by Gasteiger charge is 2.05. The highest BCUT2D eigenvalue weighted by molar-refractivity contribution is 5.96. The van der Waals surface area contributed by atoms with Gasteiger partial charge in [0.25, 0.3) is 0 Å². The van der Waals surface area contributed by atoms with E-state index in [4.69, 9.17) is 0 Å². The van der Waals surface area contributed by atoms with E-state index in [1.54, 1.807) is 6.07 Å². The van der Waals surface area contributed by atoms with Gasteiger partial charge in [0.05, 0.1) is 5.69 Å². The van der Waals surface area contributed by atoms with Crippen molar-refractivity contribution in [3.05, 3.63) is 42.5 Å². The molecule has 2 aromatic carbocycles. The summed E-state index contributed by atoms with van der Waals surface area (Å²) in [4.78, 5) is 10.4. The summed E-state index contributed by atoms with van der Waals surface area (Å²) in [5, 5.41) is 11.5. The summed E-state index contributed by atoms with van der Waals surface area (Å²) < 4.78 is 0. The molecule has 0 aliphatic carbocycles. The summed E-state index contributed by atoms with van der Waals surface area (Å²) in [7, 11) is 0. The molecule has 3 heteroatoms. The maximum Gasteiger partial charge on any atom is 0.237 e. The summed E-state index contributed by atoms with van der Waals surface area (Å²) >= 11 is 0.